The molecule has 2 aliphatic rings. The lowest BCUT2D eigenvalue weighted by Gasteiger charge is -2.15. The fraction of sp³-hybridized carbons (Fsp3) is 0.500. The number of thiazole rings is 1. The Labute approximate surface area is 179 Å². The average molecular weight is 452 g/mol. The zero-order valence-electron chi connectivity index (χ0n) is 16.9. The van der Waals surface area contributed by atoms with Gasteiger partial charge >= 0.3 is 6.03 Å². The van der Waals surface area contributed by atoms with Crippen molar-refractivity contribution < 1.29 is 23.8 Å². The number of aliphatic hydroxyl groups is 2. The number of aryl methyl sites for hydroxylation is 2. The number of hydrogen-bond acceptors (Lipinski definition) is 6. The molecule has 1 unspecified atom stereocenters. The van der Waals surface area contributed by atoms with Crippen LogP contribution in [0.1, 0.15) is 59.6 Å². The van der Waals surface area contributed by atoms with Gasteiger partial charge in [-0.2, -0.15) is 0 Å². The van der Waals surface area contributed by atoms with Crippen LogP contribution in [0, 0.1) is 0 Å². The highest BCUT2D eigenvalue weighted by atomic mass is 32.3. The number of aliphatic hydroxyl groups excluding tert-OH is 1. The molecule has 1 atom stereocenters. The van der Waals surface area contributed by atoms with Gasteiger partial charge < -0.3 is 15.5 Å². The van der Waals surface area contributed by atoms with Gasteiger partial charge in [0.05, 0.1) is 12.3 Å². The molecular formula is C20H25N3O5S2. The van der Waals surface area contributed by atoms with E-state index in [0.29, 0.717) is 0 Å². The highest BCUT2D eigenvalue weighted by molar-refractivity contribution is 7.90. The molecule has 2 aromatic rings. The first-order valence-electron chi connectivity index (χ1n) is 9.90. The van der Waals surface area contributed by atoms with Crippen molar-refractivity contribution in [2.75, 3.05) is 5.32 Å². The first-order valence-corrected chi connectivity index (χ1v) is 12.2. The molecule has 2 amide bonds. The lowest BCUT2D eigenvalue weighted by Crippen LogP contribution is -2.14. The van der Waals surface area contributed by atoms with Crippen LogP contribution >= 0.6 is 11.3 Å². The molecule has 0 fully saturated rings. The predicted octanol–water partition coefficient (Wildman–Crippen LogP) is 3.37. The number of rotatable bonds is 4. The molecule has 1 heterocycles. The summed E-state index contributed by atoms with van der Waals surface area (Å²) in [7, 11) is -4.14. The summed E-state index contributed by atoms with van der Waals surface area (Å²) < 4.78 is 26.7. The number of amides is 2. The molecule has 0 saturated heterocycles. The first-order chi connectivity index (χ1) is 14.1. The molecule has 162 valence electrons. The predicted molar refractivity (Wildman–Crippen MR) is 114 cm³/mol. The van der Waals surface area contributed by atoms with Gasteiger partial charge in [-0.15, -0.1) is 15.7 Å². The molecule has 0 radical (unpaired) electrons. The van der Waals surface area contributed by atoms with Crippen LogP contribution < -0.4 is 5.32 Å². The maximum Gasteiger partial charge on any atom is 0.355 e. The Hall–Kier alpha value is -1.85. The Morgan fingerprint density at radius 2 is 1.83 bits per heavy atom. The molecule has 30 heavy (non-hydrogen) atoms. The molecule has 0 saturated carbocycles. The van der Waals surface area contributed by atoms with Crippen molar-refractivity contribution in [1.82, 2.24) is 4.98 Å². The molecule has 4 rings (SSSR count). The van der Waals surface area contributed by atoms with Crippen LogP contribution in [0.3, 0.4) is 0 Å². The summed E-state index contributed by atoms with van der Waals surface area (Å²) in [6.45, 7) is 2.36. The van der Waals surface area contributed by atoms with Crippen LogP contribution in [0.2, 0.25) is 0 Å². The van der Waals surface area contributed by atoms with Crippen molar-refractivity contribution >= 4 is 33.1 Å². The first kappa shape index (κ1) is 21.4. The van der Waals surface area contributed by atoms with Crippen molar-refractivity contribution in [1.29, 1.82) is 0 Å². The minimum absolute atomic E-state index is 0.0670. The van der Waals surface area contributed by atoms with E-state index in [2.05, 4.69) is 20.7 Å². The summed E-state index contributed by atoms with van der Waals surface area (Å²) in [5, 5.41) is 22.6. The van der Waals surface area contributed by atoms with Crippen molar-refractivity contribution in [2.45, 2.75) is 68.8 Å². The number of fused-ring (bicyclic) bond motifs is 2. The fourth-order valence-electron chi connectivity index (χ4n) is 4.16. The number of carbonyl (C=O) groups excluding carboxylic acids is 1. The van der Waals surface area contributed by atoms with Gasteiger partial charge in [0.15, 0.2) is 4.21 Å². The van der Waals surface area contributed by atoms with E-state index in [1.807, 2.05) is 0 Å². The Morgan fingerprint density at radius 3 is 2.37 bits per heavy atom. The second kappa shape index (κ2) is 7.69. The number of nitrogens with zero attached hydrogens (tertiary/aromatic N) is 2. The normalized spacial score (nSPS) is 17.4. The molecular weight excluding hydrogens is 426 g/mol. The van der Waals surface area contributed by atoms with Gasteiger partial charge in [0, 0.05) is 5.69 Å². The minimum atomic E-state index is -4.14. The molecule has 10 heteroatoms. The molecule has 2 aliphatic carbocycles. The van der Waals surface area contributed by atoms with Gasteiger partial charge in [-0.1, -0.05) is 6.07 Å². The van der Waals surface area contributed by atoms with Gasteiger partial charge in [0.2, 0.25) is 10.0 Å². The lowest BCUT2D eigenvalue weighted by atomic mass is 9.99. The number of hydrogen-bond donors (Lipinski definition) is 4. The SMILES string of the molecule is CC(C)(O)c1nc(CO)c(S(=O)(O)=NC(=O)Nc2c3c(cc4c2CCC4)CCC3)s1. The molecule has 0 aliphatic heterocycles. The zero-order chi connectivity index (χ0) is 21.7. The zero-order valence-corrected chi connectivity index (χ0v) is 18.5. The van der Waals surface area contributed by atoms with Crippen LogP contribution in [0.5, 0.6) is 0 Å². The molecule has 1 aromatic carbocycles. The topological polar surface area (TPSA) is 132 Å². The number of nitrogens with one attached hydrogen (secondary N) is 1. The van der Waals surface area contributed by atoms with Crippen molar-refractivity contribution in [3.05, 3.63) is 39.0 Å². The highest BCUT2D eigenvalue weighted by Crippen LogP contribution is 2.39. The lowest BCUT2D eigenvalue weighted by molar-refractivity contribution is 0.0779. The van der Waals surface area contributed by atoms with Gasteiger partial charge in [-0.25, -0.2) is 14.0 Å². The van der Waals surface area contributed by atoms with Crippen molar-refractivity contribution in [3.63, 3.8) is 0 Å². The minimum Gasteiger partial charge on any atom is -0.390 e. The highest BCUT2D eigenvalue weighted by Gasteiger charge is 2.29. The quantitative estimate of drug-likeness (QED) is 0.563. The third kappa shape index (κ3) is 3.90. The van der Waals surface area contributed by atoms with E-state index in [1.54, 1.807) is 0 Å². The van der Waals surface area contributed by atoms with E-state index < -0.39 is 28.2 Å². The molecule has 0 bridgehead atoms. The number of anilines is 1. The third-order valence-electron chi connectivity index (χ3n) is 5.49. The standard InChI is InChI=1S/C20H25N3O5S2/c1-20(2,26)18-21-15(10-24)17(29-18)30(27,28)23-19(25)22-16-13-7-3-5-11(13)9-12-6-4-8-14(12)16/h9,24,26H,3-8,10H2,1-2H3,(H2,22,23,25,27,28). The van der Waals surface area contributed by atoms with Crippen LogP contribution in [-0.2, 0) is 47.9 Å². The largest absolute Gasteiger partial charge is 0.390 e. The van der Waals surface area contributed by atoms with Crippen LogP contribution in [-0.4, -0.2) is 30.0 Å². The molecule has 0 spiro atoms. The Bertz CT molecular complexity index is 1110. The number of carbonyl (C=O) groups is 1. The maximum absolute atomic E-state index is 12.9. The van der Waals surface area contributed by atoms with Crippen LogP contribution in [0.4, 0.5) is 10.5 Å². The Kier molecular flexibility index (Phi) is 5.48. The van der Waals surface area contributed by atoms with E-state index in [0.717, 1.165) is 66.7 Å². The molecule has 8 nitrogen and oxygen atoms in total. The van der Waals surface area contributed by atoms with Crippen molar-refractivity contribution in [2.24, 2.45) is 4.36 Å². The summed E-state index contributed by atoms with van der Waals surface area (Å²) in [5.74, 6) is 0. The van der Waals surface area contributed by atoms with E-state index in [-0.39, 0.29) is 14.9 Å². The summed E-state index contributed by atoms with van der Waals surface area (Å²) >= 11 is 0.766. The van der Waals surface area contributed by atoms with E-state index >= 15 is 0 Å². The van der Waals surface area contributed by atoms with Crippen LogP contribution in [0.25, 0.3) is 0 Å². The fourth-order valence-corrected chi connectivity index (χ4v) is 6.52. The smallest absolute Gasteiger partial charge is 0.355 e. The average Bonchev–Trinajstić information content (AvgIpc) is 3.38. The van der Waals surface area contributed by atoms with E-state index in [1.165, 1.54) is 25.0 Å². The summed E-state index contributed by atoms with van der Waals surface area (Å²) in [6.07, 6.45) is 5.72. The van der Waals surface area contributed by atoms with Crippen LogP contribution in [0.15, 0.2) is 14.6 Å². The summed E-state index contributed by atoms with van der Waals surface area (Å²) in [4.78, 5) is 16.7. The summed E-state index contributed by atoms with van der Waals surface area (Å²) in [6, 6.07) is 1.33. The summed E-state index contributed by atoms with van der Waals surface area (Å²) in [5.41, 5.74) is 3.98. The van der Waals surface area contributed by atoms with Crippen molar-refractivity contribution in [3.8, 4) is 0 Å². The maximum atomic E-state index is 12.9. The van der Waals surface area contributed by atoms with Gasteiger partial charge in [-0.05, 0) is 74.6 Å². The third-order valence-corrected chi connectivity index (χ3v) is 8.73. The second-order valence-corrected chi connectivity index (χ2v) is 11.1. The second-order valence-electron chi connectivity index (χ2n) is 8.22. The Balaban J connectivity index is 1.69. The van der Waals surface area contributed by atoms with Gasteiger partial charge in [-0.3, -0.25) is 4.55 Å². The number of benzene rings is 1. The number of aromatic nitrogens is 1. The van der Waals surface area contributed by atoms with E-state index in [4.69, 9.17) is 0 Å². The van der Waals surface area contributed by atoms with E-state index in [9.17, 15) is 23.8 Å². The molecule has 1 aromatic heterocycles. The van der Waals surface area contributed by atoms with Gasteiger partial charge in [0.25, 0.3) is 0 Å². The molecule has 4 N–H and O–H groups in total. The Morgan fingerprint density at radius 1 is 1.23 bits per heavy atom. The monoisotopic (exact) mass is 451 g/mol. The van der Waals surface area contributed by atoms with Gasteiger partial charge in [0.1, 0.15) is 10.6 Å². The number of urea groups is 1.